The van der Waals surface area contributed by atoms with Gasteiger partial charge in [0.1, 0.15) is 6.54 Å². The van der Waals surface area contributed by atoms with Crippen molar-refractivity contribution in [1.29, 1.82) is 0 Å². The molecule has 0 unspecified atom stereocenters. The summed E-state index contributed by atoms with van der Waals surface area (Å²) in [5.41, 5.74) is 2.85. The topological polar surface area (TPSA) is 38.3 Å². The molecule has 1 amide bonds. The van der Waals surface area contributed by atoms with E-state index < -0.39 is 0 Å². The van der Waals surface area contributed by atoms with Crippen molar-refractivity contribution in [2.24, 2.45) is 0 Å². The summed E-state index contributed by atoms with van der Waals surface area (Å²) in [6, 6.07) is 13.9. The fourth-order valence-electron chi connectivity index (χ4n) is 3.65. The van der Waals surface area contributed by atoms with Gasteiger partial charge < -0.3 is 14.5 Å². The van der Waals surface area contributed by atoms with Gasteiger partial charge in [0.2, 0.25) is 5.91 Å². The van der Waals surface area contributed by atoms with E-state index in [1.807, 2.05) is 18.2 Å². The number of halogens is 2. The highest BCUT2D eigenvalue weighted by atomic mass is 35.5. The van der Waals surface area contributed by atoms with Crippen LogP contribution >= 0.6 is 23.2 Å². The maximum Gasteiger partial charge on any atom is 0.248 e. The second-order valence-electron chi connectivity index (χ2n) is 7.97. The Morgan fingerprint density at radius 2 is 1.79 bits per heavy atom. The number of quaternary nitrogens is 1. The van der Waals surface area contributed by atoms with Gasteiger partial charge in [0.05, 0.1) is 43.4 Å². The first-order valence-corrected chi connectivity index (χ1v) is 10.5. The molecule has 2 aromatic carbocycles. The number of rotatable bonds is 6. The molecule has 0 aliphatic carbocycles. The van der Waals surface area contributed by atoms with Crippen molar-refractivity contribution < 1.29 is 14.0 Å². The maximum absolute atomic E-state index is 12.2. The van der Waals surface area contributed by atoms with Gasteiger partial charge in [-0.2, -0.15) is 0 Å². The summed E-state index contributed by atoms with van der Waals surface area (Å²) >= 11 is 11.9. The Morgan fingerprint density at radius 1 is 1.10 bits per heavy atom. The number of carbonyl (C=O) groups is 1. The molecule has 0 aromatic heterocycles. The smallest absolute Gasteiger partial charge is 0.248 e. The van der Waals surface area contributed by atoms with Crippen molar-refractivity contribution in [1.82, 2.24) is 0 Å². The Balaban J connectivity index is 1.56. The van der Waals surface area contributed by atoms with E-state index in [1.54, 1.807) is 18.2 Å². The van der Waals surface area contributed by atoms with Crippen molar-refractivity contribution in [3.8, 4) is 0 Å². The molecule has 0 radical (unpaired) electrons. The highest BCUT2D eigenvalue weighted by molar-refractivity contribution is 6.42. The van der Waals surface area contributed by atoms with Crippen LogP contribution in [0.5, 0.6) is 0 Å². The predicted molar refractivity (Wildman–Crippen MR) is 120 cm³/mol. The van der Waals surface area contributed by atoms with Crippen molar-refractivity contribution >= 4 is 40.9 Å². The molecule has 3 rings (SSSR count). The van der Waals surface area contributed by atoms with E-state index in [0.29, 0.717) is 16.1 Å². The van der Waals surface area contributed by atoms with Gasteiger partial charge in [-0.3, -0.25) is 4.79 Å². The van der Waals surface area contributed by atoms with Gasteiger partial charge in [0, 0.05) is 30.2 Å². The van der Waals surface area contributed by atoms with Crippen LogP contribution in [0.4, 0.5) is 5.69 Å². The van der Waals surface area contributed by atoms with Gasteiger partial charge >= 0.3 is 0 Å². The Kier molecular flexibility index (Phi) is 7.36. The van der Waals surface area contributed by atoms with Gasteiger partial charge in [-0.05, 0) is 35.9 Å². The summed E-state index contributed by atoms with van der Waals surface area (Å²) in [6.07, 6.45) is 5.40. The normalized spacial score (nSPS) is 15.6. The lowest BCUT2D eigenvalue weighted by Crippen LogP contribution is -2.50. The summed E-state index contributed by atoms with van der Waals surface area (Å²) in [7, 11) is 4.55. The molecule has 1 saturated heterocycles. The summed E-state index contributed by atoms with van der Waals surface area (Å²) in [6.45, 7) is 2.66. The average molecular weight is 434 g/mol. The molecule has 1 aliphatic heterocycles. The molecule has 1 N–H and O–H groups in total. The van der Waals surface area contributed by atoms with Crippen LogP contribution in [-0.2, 0) is 16.1 Å². The number of hydrogen-bond donors (Lipinski definition) is 1. The third kappa shape index (κ3) is 6.31. The second-order valence-corrected chi connectivity index (χ2v) is 8.79. The van der Waals surface area contributed by atoms with E-state index >= 15 is 0 Å². The van der Waals surface area contributed by atoms with Crippen LogP contribution in [0.25, 0.3) is 6.08 Å². The zero-order valence-electron chi connectivity index (χ0n) is 16.8. The van der Waals surface area contributed by atoms with E-state index in [-0.39, 0.29) is 5.91 Å². The third-order valence-corrected chi connectivity index (χ3v) is 6.10. The molecule has 154 valence electrons. The molecule has 0 saturated carbocycles. The number of amides is 1. The second kappa shape index (κ2) is 9.77. The molecule has 0 atom stereocenters. The molecule has 1 heterocycles. The van der Waals surface area contributed by atoms with Crippen molar-refractivity contribution in [2.75, 3.05) is 32.6 Å². The van der Waals surface area contributed by atoms with Crippen LogP contribution in [-0.4, -0.2) is 43.7 Å². The van der Waals surface area contributed by atoms with Crippen LogP contribution in [0.3, 0.4) is 0 Å². The molecule has 2 aromatic rings. The zero-order chi connectivity index (χ0) is 20.9. The van der Waals surface area contributed by atoms with Gasteiger partial charge in [-0.15, -0.1) is 0 Å². The lowest BCUT2D eigenvalue weighted by molar-refractivity contribution is -0.929. The van der Waals surface area contributed by atoms with Crippen LogP contribution < -0.4 is 5.32 Å². The molecular formula is C23H27Cl2N2O2+. The van der Waals surface area contributed by atoms with E-state index in [1.165, 1.54) is 11.6 Å². The van der Waals surface area contributed by atoms with E-state index in [9.17, 15) is 4.79 Å². The van der Waals surface area contributed by atoms with Gasteiger partial charge in [0.25, 0.3) is 0 Å². The molecule has 0 bridgehead atoms. The maximum atomic E-state index is 12.2. The first kappa shape index (κ1) is 21.8. The number of nitrogens with one attached hydrogen (secondary N) is 1. The van der Waals surface area contributed by atoms with E-state index in [2.05, 4.69) is 31.5 Å². The van der Waals surface area contributed by atoms with Crippen LogP contribution in [0.2, 0.25) is 10.0 Å². The minimum atomic E-state index is -0.192. The highest BCUT2D eigenvalue weighted by Gasteiger charge is 2.30. The molecule has 1 aliphatic rings. The summed E-state index contributed by atoms with van der Waals surface area (Å²) in [5.74, 6) is -0.192. The molecule has 4 nitrogen and oxygen atoms in total. The van der Waals surface area contributed by atoms with Crippen LogP contribution in [0.15, 0.2) is 48.5 Å². The average Bonchev–Trinajstić information content (AvgIpc) is 2.71. The fraction of sp³-hybridized carbons (Fsp3) is 0.348. The summed E-state index contributed by atoms with van der Waals surface area (Å²) in [5, 5.41) is 3.84. The first-order chi connectivity index (χ1) is 13.8. The Bertz CT molecular complexity index is 873. The number of benzene rings is 2. The molecule has 0 spiro atoms. The monoisotopic (exact) mass is 433 g/mol. The standard InChI is InChI=1S/C23H26Cl2N2O2/c1-27(2,20-11-13-29-14-12-20)16-18-3-7-19(8-4-18)26-23(28)10-6-17-5-9-21(24)22(25)15-17/h3-10,15,20H,11-14,16H2,1-2H3/p+1/b10-6+. The fourth-order valence-corrected chi connectivity index (χ4v) is 3.96. The minimum Gasteiger partial charge on any atom is -0.381 e. The van der Waals surface area contributed by atoms with Gasteiger partial charge in [-0.25, -0.2) is 0 Å². The Morgan fingerprint density at radius 3 is 2.45 bits per heavy atom. The number of carbonyl (C=O) groups excluding carboxylic acids is 1. The molecule has 6 heteroatoms. The summed E-state index contributed by atoms with van der Waals surface area (Å²) in [4.78, 5) is 12.2. The number of hydrogen-bond acceptors (Lipinski definition) is 2. The quantitative estimate of drug-likeness (QED) is 0.488. The van der Waals surface area contributed by atoms with Crippen LogP contribution in [0.1, 0.15) is 24.0 Å². The minimum absolute atomic E-state index is 0.192. The SMILES string of the molecule is C[N+](C)(Cc1ccc(NC(=O)/C=C/c2ccc(Cl)c(Cl)c2)cc1)C1CCOCC1. The van der Waals surface area contributed by atoms with E-state index in [4.69, 9.17) is 27.9 Å². The molecular weight excluding hydrogens is 407 g/mol. The number of nitrogens with zero attached hydrogens (tertiary/aromatic N) is 1. The highest BCUT2D eigenvalue weighted by Crippen LogP contribution is 2.24. The lowest BCUT2D eigenvalue weighted by atomic mass is 10.0. The van der Waals surface area contributed by atoms with Crippen molar-refractivity contribution in [2.45, 2.75) is 25.4 Å². The van der Waals surface area contributed by atoms with E-state index in [0.717, 1.165) is 48.3 Å². The largest absolute Gasteiger partial charge is 0.381 e. The third-order valence-electron chi connectivity index (χ3n) is 5.36. The van der Waals surface area contributed by atoms with Crippen molar-refractivity contribution in [3.05, 3.63) is 69.7 Å². The van der Waals surface area contributed by atoms with Crippen LogP contribution in [0, 0.1) is 0 Å². The van der Waals surface area contributed by atoms with Gasteiger partial charge in [0.15, 0.2) is 0 Å². The lowest BCUT2D eigenvalue weighted by Gasteiger charge is -2.40. The van der Waals surface area contributed by atoms with Crippen molar-refractivity contribution in [3.63, 3.8) is 0 Å². The summed E-state index contributed by atoms with van der Waals surface area (Å²) < 4.78 is 6.43. The molecule has 1 fully saturated rings. The zero-order valence-corrected chi connectivity index (χ0v) is 18.3. The number of anilines is 1. The predicted octanol–water partition coefficient (Wildman–Crippen LogP) is 5.40. The Hall–Kier alpha value is -1.85. The number of ether oxygens (including phenoxy) is 1. The Labute approximate surface area is 182 Å². The first-order valence-electron chi connectivity index (χ1n) is 9.77. The molecule has 29 heavy (non-hydrogen) atoms. The van der Waals surface area contributed by atoms with Gasteiger partial charge in [-0.1, -0.05) is 41.4 Å².